The summed E-state index contributed by atoms with van der Waals surface area (Å²) in [6, 6.07) is 2.70. The van der Waals surface area contributed by atoms with Crippen LogP contribution in [0.1, 0.15) is 41.0 Å². The van der Waals surface area contributed by atoms with E-state index in [0.29, 0.717) is 5.82 Å². The van der Waals surface area contributed by atoms with Gasteiger partial charge in [0.2, 0.25) is 0 Å². The summed E-state index contributed by atoms with van der Waals surface area (Å²) in [6.07, 6.45) is 0.885. The Morgan fingerprint density at radius 2 is 1.80 bits per heavy atom. The standard InChI is InChI=1S/C13H23N5O2/c1-12(2,3)8-13(4,5)16-10-6-9(18(19)20)7-11(15-10)17-14/h6-7H,8,14H2,1-5H3,(H2,15,16,17). The average Bonchev–Trinajstić information content (AvgIpc) is 2.24. The Morgan fingerprint density at radius 1 is 1.25 bits per heavy atom. The Balaban J connectivity index is 3.02. The zero-order chi connectivity index (χ0) is 15.6. The van der Waals surface area contributed by atoms with Crippen molar-refractivity contribution in [2.75, 3.05) is 10.7 Å². The molecule has 7 nitrogen and oxygen atoms in total. The number of pyridine rings is 1. The van der Waals surface area contributed by atoms with Crippen molar-refractivity contribution in [3.8, 4) is 0 Å². The maximum absolute atomic E-state index is 10.9. The molecule has 0 aromatic carbocycles. The van der Waals surface area contributed by atoms with E-state index in [1.165, 1.54) is 12.1 Å². The van der Waals surface area contributed by atoms with Gasteiger partial charge in [-0.15, -0.1) is 0 Å². The van der Waals surface area contributed by atoms with Crippen molar-refractivity contribution >= 4 is 17.3 Å². The molecule has 1 rings (SSSR count). The Bertz CT molecular complexity index is 494. The van der Waals surface area contributed by atoms with Gasteiger partial charge in [-0.3, -0.25) is 10.1 Å². The van der Waals surface area contributed by atoms with Crippen molar-refractivity contribution < 1.29 is 4.92 Å². The summed E-state index contributed by atoms with van der Waals surface area (Å²) < 4.78 is 0. The van der Waals surface area contributed by atoms with Crippen LogP contribution in [0.5, 0.6) is 0 Å². The smallest absolute Gasteiger partial charge is 0.276 e. The van der Waals surface area contributed by atoms with Crippen molar-refractivity contribution in [3.05, 3.63) is 22.2 Å². The van der Waals surface area contributed by atoms with Crippen molar-refractivity contribution in [2.45, 2.75) is 46.6 Å². The molecule has 0 spiro atoms. The lowest BCUT2D eigenvalue weighted by atomic mass is 9.82. The van der Waals surface area contributed by atoms with Crippen LogP contribution >= 0.6 is 0 Å². The van der Waals surface area contributed by atoms with Crippen LogP contribution in [0.2, 0.25) is 0 Å². The monoisotopic (exact) mass is 281 g/mol. The van der Waals surface area contributed by atoms with Crippen molar-refractivity contribution in [1.29, 1.82) is 0 Å². The van der Waals surface area contributed by atoms with Gasteiger partial charge in [0, 0.05) is 5.54 Å². The molecule has 1 aromatic rings. The van der Waals surface area contributed by atoms with Gasteiger partial charge in [-0.05, 0) is 25.7 Å². The van der Waals surface area contributed by atoms with Crippen LogP contribution in [0.3, 0.4) is 0 Å². The Morgan fingerprint density at radius 3 is 2.25 bits per heavy atom. The average molecular weight is 281 g/mol. The number of aromatic nitrogens is 1. The molecule has 0 aliphatic rings. The number of anilines is 2. The minimum atomic E-state index is -0.468. The quantitative estimate of drug-likeness (QED) is 0.435. The largest absolute Gasteiger partial charge is 0.365 e. The molecule has 20 heavy (non-hydrogen) atoms. The molecule has 0 saturated carbocycles. The third-order valence-electron chi connectivity index (χ3n) is 2.61. The Labute approximate surface area is 119 Å². The molecular formula is C13H23N5O2. The van der Waals surface area contributed by atoms with Gasteiger partial charge in [-0.1, -0.05) is 20.8 Å². The molecule has 1 aromatic heterocycles. The second-order valence-electron chi connectivity index (χ2n) is 6.74. The second-order valence-corrected chi connectivity index (χ2v) is 6.74. The van der Waals surface area contributed by atoms with Gasteiger partial charge >= 0.3 is 0 Å². The van der Waals surface area contributed by atoms with E-state index in [4.69, 9.17) is 5.84 Å². The van der Waals surface area contributed by atoms with Crippen molar-refractivity contribution in [3.63, 3.8) is 0 Å². The van der Waals surface area contributed by atoms with Gasteiger partial charge in [0.05, 0.1) is 17.1 Å². The molecule has 1 heterocycles. The number of nitrogen functional groups attached to an aromatic ring is 1. The Kier molecular flexibility index (Phi) is 4.54. The predicted octanol–water partition coefficient (Wildman–Crippen LogP) is 2.90. The van der Waals surface area contributed by atoms with Crippen LogP contribution in [0.15, 0.2) is 12.1 Å². The first-order valence-electron chi connectivity index (χ1n) is 6.44. The molecule has 0 unspecified atom stereocenters. The van der Waals surface area contributed by atoms with Gasteiger partial charge in [0.25, 0.3) is 5.69 Å². The number of hydrogen-bond acceptors (Lipinski definition) is 6. The highest BCUT2D eigenvalue weighted by molar-refractivity contribution is 5.55. The first-order valence-corrected chi connectivity index (χ1v) is 6.44. The van der Waals surface area contributed by atoms with Crippen LogP contribution in [0, 0.1) is 15.5 Å². The molecule has 7 heteroatoms. The molecule has 0 radical (unpaired) electrons. The van der Waals surface area contributed by atoms with Crippen LogP contribution in [-0.2, 0) is 0 Å². The maximum Gasteiger partial charge on any atom is 0.276 e. The third kappa shape index (κ3) is 5.00. The number of rotatable bonds is 5. The molecule has 0 saturated heterocycles. The lowest BCUT2D eigenvalue weighted by Gasteiger charge is -2.33. The molecule has 0 fully saturated rings. The number of hydrazine groups is 1. The zero-order valence-electron chi connectivity index (χ0n) is 12.7. The minimum Gasteiger partial charge on any atom is -0.365 e. The highest BCUT2D eigenvalue weighted by Gasteiger charge is 2.26. The van der Waals surface area contributed by atoms with E-state index in [9.17, 15) is 10.1 Å². The summed E-state index contributed by atoms with van der Waals surface area (Å²) in [5, 5.41) is 14.1. The van der Waals surface area contributed by atoms with E-state index < -0.39 is 4.92 Å². The Hall–Kier alpha value is -1.89. The van der Waals surface area contributed by atoms with Crippen molar-refractivity contribution in [1.82, 2.24) is 4.98 Å². The van der Waals surface area contributed by atoms with E-state index in [0.717, 1.165) is 6.42 Å². The van der Waals surface area contributed by atoms with Gasteiger partial charge < -0.3 is 10.7 Å². The second kappa shape index (κ2) is 5.62. The number of nitrogens with one attached hydrogen (secondary N) is 2. The first-order chi connectivity index (χ1) is 9.02. The topological polar surface area (TPSA) is 106 Å². The minimum absolute atomic E-state index is 0.0537. The summed E-state index contributed by atoms with van der Waals surface area (Å²) >= 11 is 0. The van der Waals surface area contributed by atoms with Crippen LogP contribution < -0.4 is 16.6 Å². The molecule has 0 amide bonds. The van der Waals surface area contributed by atoms with E-state index in [1.807, 2.05) is 13.8 Å². The maximum atomic E-state index is 10.9. The predicted molar refractivity (Wildman–Crippen MR) is 80.5 cm³/mol. The molecule has 112 valence electrons. The molecule has 4 N–H and O–H groups in total. The van der Waals surface area contributed by atoms with E-state index >= 15 is 0 Å². The molecule has 0 aliphatic carbocycles. The fourth-order valence-corrected chi connectivity index (χ4v) is 2.48. The van der Waals surface area contributed by atoms with E-state index in [2.05, 4.69) is 36.5 Å². The number of nitrogens with zero attached hydrogens (tertiary/aromatic N) is 2. The first kappa shape index (κ1) is 16.2. The highest BCUT2D eigenvalue weighted by Crippen LogP contribution is 2.30. The number of nitrogens with two attached hydrogens (primary N) is 1. The van der Waals surface area contributed by atoms with Gasteiger partial charge in [-0.2, -0.15) is 0 Å². The molecular weight excluding hydrogens is 258 g/mol. The molecule has 0 atom stereocenters. The lowest BCUT2D eigenvalue weighted by molar-refractivity contribution is -0.384. The zero-order valence-corrected chi connectivity index (χ0v) is 12.7. The van der Waals surface area contributed by atoms with Crippen LogP contribution in [0.25, 0.3) is 0 Å². The summed E-state index contributed by atoms with van der Waals surface area (Å²) in [5.41, 5.74) is 2.17. The lowest BCUT2D eigenvalue weighted by Crippen LogP contribution is -2.35. The summed E-state index contributed by atoms with van der Waals surface area (Å²) in [7, 11) is 0. The van der Waals surface area contributed by atoms with Gasteiger partial charge in [-0.25, -0.2) is 10.8 Å². The summed E-state index contributed by atoms with van der Waals surface area (Å²) in [4.78, 5) is 14.6. The van der Waals surface area contributed by atoms with Gasteiger partial charge in [0.1, 0.15) is 11.6 Å². The fraction of sp³-hybridized carbons (Fsp3) is 0.615. The summed E-state index contributed by atoms with van der Waals surface area (Å²) in [6.45, 7) is 10.5. The molecule has 0 aliphatic heterocycles. The number of nitro groups is 1. The SMILES string of the molecule is CC(C)(C)CC(C)(C)Nc1cc([N+](=O)[O-])cc(NN)n1. The van der Waals surface area contributed by atoms with Crippen LogP contribution in [-0.4, -0.2) is 15.4 Å². The molecule has 0 bridgehead atoms. The van der Waals surface area contributed by atoms with Crippen LogP contribution in [0.4, 0.5) is 17.3 Å². The third-order valence-corrected chi connectivity index (χ3v) is 2.61. The highest BCUT2D eigenvalue weighted by atomic mass is 16.6. The van der Waals surface area contributed by atoms with E-state index in [1.54, 1.807) is 0 Å². The normalized spacial score (nSPS) is 12.1. The van der Waals surface area contributed by atoms with E-state index in [-0.39, 0.29) is 22.5 Å². The summed E-state index contributed by atoms with van der Waals surface area (Å²) in [5.74, 6) is 5.98. The number of hydrogen-bond donors (Lipinski definition) is 3. The van der Waals surface area contributed by atoms with Gasteiger partial charge in [0.15, 0.2) is 0 Å². The fourth-order valence-electron chi connectivity index (χ4n) is 2.48. The van der Waals surface area contributed by atoms with Crippen molar-refractivity contribution in [2.24, 2.45) is 11.3 Å².